The summed E-state index contributed by atoms with van der Waals surface area (Å²) in [5, 5.41) is 22.2. The van der Waals surface area contributed by atoms with Gasteiger partial charge < -0.3 is 20.3 Å². The molecule has 1 aromatic carbocycles. The van der Waals surface area contributed by atoms with E-state index in [0.29, 0.717) is 22.2 Å². The summed E-state index contributed by atoms with van der Waals surface area (Å²) in [5.41, 5.74) is -0.655. The van der Waals surface area contributed by atoms with Crippen LogP contribution in [0.5, 0.6) is 5.75 Å². The van der Waals surface area contributed by atoms with Crippen LogP contribution in [0.15, 0.2) is 18.2 Å². The molecule has 0 aliphatic heterocycles. The number of aromatic hydroxyl groups is 1. The van der Waals surface area contributed by atoms with Crippen molar-refractivity contribution in [1.82, 2.24) is 5.32 Å². The van der Waals surface area contributed by atoms with Gasteiger partial charge in [-0.05, 0) is 47.7 Å². The molecule has 1 rings (SSSR count). The largest absolute Gasteiger partial charge is 0.507 e. The van der Waals surface area contributed by atoms with Crippen molar-refractivity contribution >= 4 is 28.5 Å². The lowest BCUT2D eigenvalue weighted by molar-refractivity contribution is 0.0243. The Morgan fingerprint density at radius 3 is 2.79 bits per heavy atom. The van der Waals surface area contributed by atoms with Crippen molar-refractivity contribution in [1.29, 1.82) is 0 Å². The molecular formula is C13H18INO4. The summed E-state index contributed by atoms with van der Waals surface area (Å²) < 4.78 is 5.57. The SMILES string of the molecule is COCCC(C)(O)CNC(=O)c1ccc(I)c(O)c1. The highest BCUT2D eigenvalue weighted by Crippen LogP contribution is 2.20. The molecule has 0 fully saturated rings. The third-order valence-corrected chi connectivity index (χ3v) is 3.60. The number of ether oxygens (including phenoxy) is 1. The summed E-state index contributed by atoms with van der Waals surface area (Å²) >= 11 is 1.98. The van der Waals surface area contributed by atoms with E-state index < -0.39 is 5.60 Å². The topological polar surface area (TPSA) is 78.8 Å². The predicted octanol–water partition coefficient (Wildman–Crippen LogP) is 1.51. The van der Waals surface area contributed by atoms with E-state index in [4.69, 9.17) is 4.74 Å². The van der Waals surface area contributed by atoms with Gasteiger partial charge in [0.05, 0.1) is 9.17 Å². The minimum absolute atomic E-state index is 0.0689. The molecule has 0 aliphatic carbocycles. The van der Waals surface area contributed by atoms with Crippen LogP contribution in [0.1, 0.15) is 23.7 Å². The van der Waals surface area contributed by atoms with E-state index >= 15 is 0 Å². The number of hydrogen-bond acceptors (Lipinski definition) is 4. The first-order valence-corrected chi connectivity index (χ1v) is 6.91. The molecule has 1 aromatic rings. The number of carbonyl (C=O) groups excluding carboxylic acids is 1. The standard InChI is InChI=1S/C13H18INO4/c1-13(18,5-6-19-2)8-15-12(17)9-3-4-10(14)11(16)7-9/h3-4,7,16,18H,5-6,8H2,1-2H3,(H,15,17). The van der Waals surface area contributed by atoms with Crippen molar-refractivity contribution < 1.29 is 19.7 Å². The number of halogens is 1. The lowest BCUT2D eigenvalue weighted by Crippen LogP contribution is -2.41. The number of phenols is 1. The molecule has 0 aliphatic rings. The van der Waals surface area contributed by atoms with Crippen molar-refractivity contribution in [3.05, 3.63) is 27.3 Å². The first-order chi connectivity index (χ1) is 8.85. The number of carbonyl (C=O) groups is 1. The molecular weight excluding hydrogens is 361 g/mol. The number of amides is 1. The molecule has 3 N–H and O–H groups in total. The number of methoxy groups -OCH3 is 1. The zero-order chi connectivity index (χ0) is 14.5. The second kappa shape index (κ2) is 7.06. The lowest BCUT2D eigenvalue weighted by Gasteiger charge is -2.23. The number of nitrogens with one attached hydrogen (secondary N) is 1. The zero-order valence-corrected chi connectivity index (χ0v) is 13.1. The highest BCUT2D eigenvalue weighted by molar-refractivity contribution is 14.1. The van der Waals surface area contributed by atoms with Gasteiger partial charge in [-0.25, -0.2) is 0 Å². The van der Waals surface area contributed by atoms with Gasteiger partial charge in [0.2, 0.25) is 0 Å². The minimum atomic E-state index is -1.02. The quantitative estimate of drug-likeness (QED) is 0.655. The molecule has 0 bridgehead atoms. The maximum Gasteiger partial charge on any atom is 0.251 e. The summed E-state index contributed by atoms with van der Waals surface area (Å²) in [5.74, 6) is -0.260. The van der Waals surface area contributed by atoms with Crippen LogP contribution in [-0.2, 0) is 4.74 Å². The number of rotatable bonds is 6. The van der Waals surface area contributed by atoms with Gasteiger partial charge in [-0.3, -0.25) is 4.79 Å². The number of aliphatic hydroxyl groups is 1. The van der Waals surface area contributed by atoms with E-state index in [1.54, 1.807) is 26.2 Å². The van der Waals surface area contributed by atoms with Crippen molar-refractivity contribution in [2.45, 2.75) is 18.9 Å². The average molecular weight is 379 g/mol. The summed E-state index contributed by atoms with van der Waals surface area (Å²) in [6, 6.07) is 4.69. The van der Waals surface area contributed by atoms with Gasteiger partial charge in [-0.2, -0.15) is 0 Å². The summed E-state index contributed by atoms with van der Waals surface area (Å²) in [6.45, 7) is 2.19. The molecule has 1 unspecified atom stereocenters. The van der Waals surface area contributed by atoms with Gasteiger partial charge in [-0.15, -0.1) is 0 Å². The van der Waals surface area contributed by atoms with E-state index in [1.807, 2.05) is 22.6 Å². The second-order valence-electron chi connectivity index (χ2n) is 4.59. The third-order valence-electron chi connectivity index (χ3n) is 2.68. The van der Waals surface area contributed by atoms with Crippen molar-refractivity contribution in [3.8, 4) is 5.75 Å². The van der Waals surface area contributed by atoms with Gasteiger partial charge in [0.1, 0.15) is 5.75 Å². The van der Waals surface area contributed by atoms with Gasteiger partial charge >= 0.3 is 0 Å². The van der Waals surface area contributed by atoms with Crippen LogP contribution in [0.2, 0.25) is 0 Å². The Balaban J connectivity index is 2.57. The van der Waals surface area contributed by atoms with E-state index in [1.165, 1.54) is 6.07 Å². The predicted molar refractivity (Wildman–Crippen MR) is 80.3 cm³/mol. The third kappa shape index (κ3) is 5.33. The second-order valence-corrected chi connectivity index (χ2v) is 5.75. The first-order valence-electron chi connectivity index (χ1n) is 5.84. The van der Waals surface area contributed by atoms with Crippen LogP contribution < -0.4 is 5.32 Å². The molecule has 0 aromatic heterocycles. The number of phenolic OH excluding ortho intramolecular Hbond substituents is 1. The molecule has 0 spiro atoms. The minimum Gasteiger partial charge on any atom is -0.507 e. The zero-order valence-electron chi connectivity index (χ0n) is 10.9. The van der Waals surface area contributed by atoms with Gasteiger partial charge in [0.25, 0.3) is 5.91 Å². The monoisotopic (exact) mass is 379 g/mol. The summed E-state index contributed by atoms with van der Waals surface area (Å²) in [4.78, 5) is 11.9. The smallest absolute Gasteiger partial charge is 0.251 e. The Bertz CT molecular complexity index is 448. The van der Waals surface area contributed by atoms with Crippen molar-refractivity contribution in [3.63, 3.8) is 0 Å². The normalized spacial score (nSPS) is 13.9. The maximum absolute atomic E-state index is 11.9. The molecule has 19 heavy (non-hydrogen) atoms. The molecule has 6 heteroatoms. The Morgan fingerprint density at radius 1 is 1.53 bits per heavy atom. The molecule has 0 radical (unpaired) electrons. The number of benzene rings is 1. The van der Waals surface area contributed by atoms with E-state index in [2.05, 4.69) is 5.32 Å². The fraction of sp³-hybridized carbons (Fsp3) is 0.462. The van der Waals surface area contributed by atoms with Gasteiger partial charge in [0.15, 0.2) is 0 Å². The number of hydrogen-bond donors (Lipinski definition) is 3. The van der Waals surface area contributed by atoms with Crippen LogP contribution >= 0.6 is 22.6 Å². The lowest BCUT2D eigenvalue weighted by atomic mass is 10.0. The summed E-state index contributed by atoms with van der Waals surface area (Å²) in [6.07, 6.45) is 0.432. The van der Waals surface area contributed by atoms with E-state index in [0.717, 1.165) is 0 Å². The van der Waals surface area contributed by atoms with Crippen LogP contribution in [0, 0.1) is 3.57 Å². The van der Waals surface area contributed by atoms with Crippen LogP contribution in [0.4, 0.5) is 0 Å². The molecule has 0 heterocycles. The highest BCUT2D eigenvalue weighted by Gasteiger charge is 2.21. The van der Waals surface area contributed by atoms with Crippen LogP contribution in [0.3, 0.4) is 0 Å². The van der Waals surface area contributed by atoms with Crippen LogP contribution in [-0.4, -0.2) is 42.0 Å². The fourth-order valence-corrected chi connectivity index (χ4v) is 1.77. The first kappa shape index (κ1) is 16.2. The Labute approximate surface area is 126 Å². The summed E-state index contributed by atoms with van der Waals surface area (Å²) in [7, 11) is 1.56. The molecule has 1 amide bonds. The van der Waals surface area contributed by atoms with Crippen LogP contribution in [0.25, 0.3) is 0 Å². The van der Waals surface area contributed by atoms with Crippen molar-refractivity contribution in [2.75, 3.05) is 20.3 Å². The van der Waals surface area contributed by atoms with E-state index in [-0.39, 0.29) is 18.2 Å². The Hall–Kier alpha value is -0.860. The van der Waals surface area contributed by atoms with Gasteiger partial charge in [-0.1, -0.05) is 0 Å². The highest BCUT2D eigenvalue weighted by atomic mass is 127. The van der Waals surface area contributed by atoms with Crippen molar-refractivity contribution in [2.24, 2.45) is 0 Å². The average Bonchev–Trinajstić information content (AvgIpc) is 2.37. The van der Waals surface area contributed by atoms with Gasteiger partial charge in [0, 0.05) is 32.2 Å². The molecule has 5 nitrogen and oxygen atoms in total. The Kier molecular flexibility index (Phi) is 6.02. The molecule has 0 saturated carbocycles. The molecule has 1 atom stereocenters. The van der Waals surface area contributed by atoms with E-state index in [9.17, 15) is 15.0 Å². The fourth-order valence-electron chi connectivity index (χ4n) is 1.44. The molecule has 0 saturated heterocycles. The molecule has 106 valence electrons. The Morgan fingerprint density at radius 2 is 2.21 bits per heavy atom. The maximum atomic E-state index is 11.9.